The number of hydrogen-bond acceptors (Lipinski definition) is 3. The Kier molecular flexibility index (Phi) is 4.34. The van der Waals surface area contributed by atoms with Gasteiger partial charge in [-0.2, -0.15) is 0 Å². The van der Waals surface area contributed by atoms with Gasteiger partial charge >= 0.3 is 0 Å². The zero-order chi connectivity index (χ0) is 13.0. The largest absolute Gasteiger partial charge is 0.368 e. The number of nitrogens with zero attached hydrogens (tertiary/aromatic N) is 2. The average Bonchev–Trinajstić information content (AvgIpc) is 2.41. The number of hydrogen-bond donors (Lipinski definition) is 0. The van der Waals surface area contributed by atoms with Crippen molar-refractivity contribution in [1.29, 1.82) is 0 Å². The summed E-state index contributed by atoms with van der Waals surface area (Å²) in [5.74, 6) is 0.0299. The summed E-state index contributed by atoms with van der Waals surface area (Å²) in [4.78, 5) is 17.9. The standard InChI is InChI=1S/C15H22N2O/c1-3-17(13-7-5-4-6-8-13)14-9-10-15(12(2)18)16-11-14/h9-11,13H,3-8H2,1-2H3. The van der Waals surface area contributed by atoms with Crippen molar-refractivity contribution in [1.82, 2.24) is 4.98 Å². The van der Waals surface area contributed by atoms with Crippen LogP contribution in [-0.2, 0) is 0 Å². The molecular weight excluding hydrogens is 224 g/mol. The van der Waals surface area contributed by atoms with Crippen LogP contribution in [0.1, 0.15) is 56.4 Å². The molecule has 1 aliphatic rings. The molecule has 1 aromatic heterocycles. The van der Waals surface area contributed by atoms with Crippen LogP contribution in [0.4, 0.5) is 5.69 Å². The van der Waals surface area contributed by atoms with Gasteiger partial charge < -0.3 is 4.90 Å². The number of carbonyl (C=O) groups excluding carboxylic acids is 1. The first-order valence-corrected chi connectivity index (χ1v) is 6.96. The Bertz CT molecular complexity index is 393. The molecule has 0 N–H and O–H groups in total. The maximum absolute atomic E-state index is 11.2. The van der Waals surface area contributed by atoms with Crippen molar-refractivity contribution >= 4 is 11.5 Å². The van der Waals surface area contributed by atoms with E-state index in [1.54, 1.807) is 6.92 Å². The summed E-state index contributed by atoms with van der Waals surface area (Å²) in [5.41, 5.74) is 1.70. The van der Waals surface area contributed by atoms with Crippen molar-refractivity contribution in [2.24, 2.45) is 0 Å². The number of Topliss-reactive ketones (excluding diaryl/α,β-unsaturated/α-hetero) is 1. The topological polar surface area (TPSA) is 33.2 Å². The Morgan fingerprint density at radius 1 is 1.33 bits per heavy atom. The van der Waals surface area contributed by atoms with Gasteiger partial charge in [-0.3, -0.25) is 9.78 Å². The fourth-order valence-corrected chi connectivity index (χ4v) is 2.81. The number of rotatable bonds is 4. The SMILES string of the molecule is CCN(c1ccc(C(C)=O)nc1)C1CCCCC1. The predicted octanol–water partition coefficient (Wildman–Crippen LogP) is 3.44. The summed E-state index contributed by atoms with van der Waals surface area (Å²) in [6, 6.07) is 4.51. The van der Waals surface area contributed by atoms with Crippen LogP contribution >= 0.6 is 0 Å². The van der Waals surface area contributed by atoms with Crippen LogP contribution in [-0.4, -0.2) is 23.4 Å². The summed E-state index contributed by atoms with van der Waals surface area (Å²) in [6.07, 6.45) is 8.44. The minimum atomic E-state index is 0.0299. The van der Waals surface area contributed by atoms with Crippen LogP contribution in [0, 0.1) is 0 Å². The first-order valence-electron chi connectivity index (χ1n) is 6.96. The predicted molar refractivity (Wildman–Crippen MR) is 74.1 cm³/mol. The molecule has 18 heavy (non-hydrogen) atoms. The van der Waals surface area contributed by atoms with E-state index in [1.807, 2.05) is 18.3 Å². The van der Waals surface area contributed by atoms with Crippen LogP contribution in [0.2, 0.25) is 0 Å². The quantitative estimate of drug-likeness (QED) is 0.763. The van der Waals surface area contributed by atoms with Gasteiger partial charge in [0, 0.05) is 19.5 Å². The van der Waals surface area contributed by atoms with E-state index in [4.69, 9.17) is 0 Å². The third-order valence-electron chi connectivity index (χ3n) is 3.80. The van der Waals surface area contributed by atoms with Gasteiger partial charge in [-0.25, -0.2) is 0 Å². The summed E-state index contributed by atoms with van der Waals surface area (Å²) >= 11 is 0. The van der Waals surface area contributed by atoms with Gasteiger partial charge in [0.15, 0.2) is 5.78 Å². The fourth-order valence-electron chi connectivity index (χ4n) is 2.81. The molecule has 0 amide bonds. The Hall–Kier alpha value is -1.38. The smallest absolute Gasteiger partial charge is 0.178 e. The van der Waals surface area contributed by atoms with E-state index in [9.17, 15) is 4.79 Å². The van der Waals surface area contributed by atoms with Gasteiger partial charge in [-0.15, -0.1) is 0 Å². The average molecular weight is 246 g/mol. The minimum absolute atomic E-state index is 0.0299. The van der Waals surface area contributed by atoms with E-state index in [2.05, 4.69) is 16.8 Å². The highest BCUT2D eigenvalue weighted by Crippen LogP contribution is 2.26. The third-order valence-corrected chi connectivity index (χ3v) is 3.80. The molecule has 0 aromatic carbocycles. The highest BCUT2D eigenvalue weighted by molar-refractivity contribution is 5.92. The molecule has 3 heteroatoms. The molecule has 1 heterocycles. The van der Waals surface area contributed by atoms with E-state index < -0.39 is 0 Å². The van der Waals surface area contributed by atoms with Crippen molar-refractivity contribution in [3.63, 3.8) is 0 Å². The second kappa shape index (κ2) is 5.98. The molecule has 2 rings (SSSR count). The maximum Gasteiger partial charge on any atom is 0.178 e. The van der Waals surface area contributed by atoms with Gasteiger partial charge in [-0.1, -0.05) is 19.3 Å². The Labute approximate surface area is 109 Å². The second-order valence-corrected chi connectivity index (χ2v) is 5.04. The summed E-state index contributed by atoms with van der Waals surface area (Å²) in [5, 5.41) is 0. The lowest BCUT2D eigenvalue weighted by Gasteiger charge is -2.35. The Balaban J connectivity index is 2.13. The van der Waals surface area contributed by atoms with Crippen LogP contribution in [0.3, 0.4) is 0 Å². The normalized spacial score (nSPS) is 16.6. The number of pyridine rings is 1. The Morgan fingerprint density at radius 3 is 2.56 bits per heavy atom. The molecule has 98 valence electrons. The van der Waals surface area contributed by atoms with Gasteiger partial charge in [-0.05, 0) is 31.9 Å². The molecule has 1 fully saturated rings. The van der Waals surface area contributed by atoms with Crippen LogP contribution in [0.5, 0.6) is 0 Å². The van der Waals surface area contributed by atoms with Crippen molar-refractivity contribution in [2.75, 3.05) is 11.4 Å². The molecule has 1 aliphatic carbocycles. The molecule has 0 saturated heterocycles. The van der Waals surface area contributed by atoms with Gasteiger partial charge in [0.05, 0.1) is 11.9 Å². The molecule has 0 unspecified atom stereocenters. The number of anilines is 1. The number of ketones is 1. The molecular formula is C15H22N2O. The van der Waals surface area contributed by atoms with Crippen molar-refractivity contribution in [3.05, 3.63) is 24.0 Å². The van der Waals surface area contributed by atoms with Gasteiger partial charge in [0.1, 0.15) is 5.69 Å². The zero-order valence-electron chi connectivity index (χ0n) is 11.4. The van der Waals surface area contributed by atoms with Crippen LogP contribution < -0.4 is 4.90 Å². The molecule has 0 bridgehead atoms. The monoisotopic (exact) mass is 246 g/mol. The molecule has 0 radical (unpaired) electrons. The molecule has 0 aliphatic heterocycles. The second-order valence-electron chi connectivity index (χ2n) is 5.04. The summed E-state index contributed by atoms with van der Waals surface area (Å²) in [7, 11) is 0. The minimum Gasteiger partial charge on any atom is -0.368 e. The van der Waals surface area contributed by atoms with E-state index in [0.29, 0.717) is 11.7 Å². The van der Waals surface area contributed by atoms with Crippen molar-refractivity contribution < 1.29 is 4.79 Å². The first kappa shape index (κ1) is 13.1. The van der Waals surface area contributed by atoms with Gasteiger partial charge in [0.25, 0.3) is 0 Å². The molecule has 1 saturated carbocycles. The molecule has 0 atom stereocenters. The first-order chi connectivity index (χ1) is 8.72. The highest BCUT2D eigenvalue weighted by atomic mass is 16.1. The van der Waals surface area contributed by atoms with Crippen LogP contribution in [0.15, 0.2) is 18.3 Å². The summed E-state index contributed by atoms with van der Waals surface area (Å²) in [6.45, 7) is 4.75. The lowest BCUT2D eigenvalue weighted by Crippen LogP contribution is -2.36. The fraction of sp³-hybridized carbons (Fsp3) is 0.600. The van der Waals surface area contributed by atoms with Crippen LogP contribution in [0.25, 0.3) is 0 Å². The molecule has 0 spiro atoms. The van der Waals surface area contributed by atoms with Crippen molar-refractivity contribution in [2.45, 2.75) is 52.0 Å². The van der Waals surface area contributed by atoms with E-state index in [-0.39, 0.29) is 5.78 Å². The lowest BCUT2D eigenvalue weighted by atomic mass is 9.94. The molecule has 1 aromatic rings. The third kappa shape index (κ3) is 2.89. The van der Waals surface area contributed by atoms with Crippen molar-refractivity contribution in [3.8, 4) is 0 Å². The van der Waals surface area contributed by atoms with E-state index in [0.717, 1.165) is 12.2 Å². The molecule has 3 nitrogen and oxygen atoms in total. The number of carbonyl (C=O) groups is 1. The van der Waals surface area contributed by atoms with Gasteiger partial charge in [0.2, 0.25) is 0 Å². The zero-order valence-corrected chi connectivity index (χ0v) is 11.4. The van der Waals surface area contributed by atoms with E-state index in [1.165, 1.54) is 32.1 Å². The summed E-state index contributed by atoms with van der Waals surface area (Å²) < 4.78 is 0. The number of aromatic nitrogens is 1. The highest BCUT2D eigenvalue weighted by Gasteiger charge is 2.20. The van der Waals surface area contributed by atoms with E-state index >= 15 is 0 Å². The maximum atomic E-state index is 11.2. The lowest BCUT2D eigenvalue weighted by molar-refractivity contribution is 0.101. The Morgan fingerprint density at radius 2 is 2.06 bits per heavy atom.